The third kappa shape index (κ3) is 7.01. The van der Waals surface area contributed by atoms with Gasteiger partial charge in [0.05, 0.1) is 11.4 Å². The van der Waals surface area contributed by atoms with Gasteiger partial charge in [-0.3, -0.25) is 0 Å². The lowest BCUT2D eigenvalue weighted by Crippen LogP contribution is -2.43. The summed E-state index contributed by atoms with van der Waals surface area (Å²) >= 11 is 0. The zero-order valence-electron chi connectivity index (χ0n) is 26.2. The summed E-state index contributed by atoms with van der Waals surface area (Å²) in [6.45, 7) is 8.71. The van der Waals surface area contributed by atoms with Crippen LogP contribution in [0.1, 0.15) is 51.0 Å². The fourth-order valence-electron chi connectivity index (χ4n) is 5.46. The molecule has 2 aromatic carbocycles. The molecule has 1 aliphatic rings. The van der Waals surface area contributed by atoms with Crippen LogP contribution in [-0.2, 0) is 11.3 Å². The fraction of sp³-hybridized carbons (Fsp3) is 0.324. The third-order valence-corrected chi connectivity index (χ3v) is 7.57. The average molecular weight is 626 g/mol. The van der Waals surface area contributed by atoms with Gasteiger partial charge in [0.1, 0.15) is 58.9 Å². The number of anilines is 1. The largest absolute Gasteiger partial charge is 0.489 e. The van der Waals surface area contributed by atoms with E-state index in [0.717, 1.165) is 34.9 Å². The van der Waals surface area contributed by atoms with E-state index >= 15 is 0 Å². The average Bonchev–Trinajstić information content (AvgIpc) is 3.41. The highest BCUT2D eigenvalue weighted by Crippen LogP contribution is 2.37. The Kier molecular flexibility index (Phi) is 8.44. The maximum absolute atomic E-state index is 14.4. The fourth-order valence-corrected chi connectivity index (χ4v) is 5.46. The van der Waals surface area contributed by atoms with Crippen LogP contribution in [0.5, 0.6) is 17.2 Å². The van der Waals surface area contributed by atoms with Gasteiger partial charge in [-0.15, -0.1) is 0 Å². The normalized spacial score (nSPS) is 15.2. The molecule has 0 bridgehead atoms. The minimum absolute atomic E-state index is 0.0163. The second kappa shape index (κ2) is 12.6. The summed E-state index contributed by atoms with van der Waals surface area (Å²) < 4.78 is 33.9. The van der Waals surface area contributed by atoms with Crippen LogP contribution in [0.25, 0.3) is 22.2 Å². The van der Waals surface area contributed by atoms with E-state index in [1.54, 1.807) is 42.4 Å². The standard InChI is InChI=1S/C34H36FN7O4/c1-21-37-15-22(16-38-21)19-44-27-12-24(35)13-28(14-27)45-26-9-7-23(8-10-26)29-18-42(32-30(29)31(36)39-20-40-32)25-6-5-11-41(17-25)33(43)46-34(2,3)4/h7-10,12-16,18,20,25H,5-6,11,17,19H2,1-4H3,(H2,36,39,40). The Balaban J connectivity index is 1.21. The van der Waals surface area contributed by atoms with Crippen LogP contribution in [-0.4, -0.2) is 54.2 Å². The van der Waals surface area contributed by atoms with Gasteiger partial charge in [-0.2, -0.15) is 0 Å². The number of benzene rings is 2. The number of carbonyl (C=O) groups excluding carboxylic acids is 1. The summed E-state index contributed by atoms with van der Waals surface area (Å²) in [5, 5.41) is 0.733. The van der Waals surface area contributed by atoms with Crippen molar-refractivity contribution >= 4 is 22.9 Å². The lowest BCUT2D eigenvalue weighted by atomic mass is 10.1. The minimum Gasteiger partial charge on any atom is -0.489 e. The van der Waals surface area contributed by atoms with E-state index in [4.69, 9.17) is 19.9 Å². The summed E-state index contributed by atoms with van der Waals surface area (Å²) in [7, 11) is 0. The number of likely N-dealkylation sites (tertiary alicyclic amines) is 1. The van der Waals surface area contributed by atoms with E-state index in [2.05, 4.69) is 24.5 Å². The molecule has 238 valence electrons. The molecule has 46 heavy (non-hydrogen) atoms. The molecule has 0 saturated carbocycles. The first-order valence-electron chi connectivity index (χ1n) is 15.1. The van der Waals surface area contributed by atoms with Gasteiger partial charge in [0.15, 0.2) is 0 Å². The number of halogens is 1. The molecular weight excluding hydrogens is 589 g/mol. The molecule has 0 radical (unpaired) electrons. The number of aromatic nitrogens is 5. The Labute approximate surface area is 266 Å². The summed E-state index contributed by atoms with van der Waals surface area (Å²) in [6, 6.07) is 11.6. The van der Waals surface area contributed by atoms with Gasteiger partial charge >= 0.3 is 6.09 Å². The lowest BCUT2D eigenvalue weighted by Gasteiger charge is -2.34. The van der Waals surface area contributed by atoms with Gasteiger partial charge in [0, 0.05) is 61.0 Å². The summed E-state index contributed by atoms with van der Waals surface area (Å²) in [5.41, 5.74) is 9.01. The maximum Gasteiger partial charge on any atom is 0.410 e. The molecule has 5 aromatic rings. The number of ether oxygens (including phenoxy) is 3. The van der Waals surface area contributed by atoms with E-state index in [9.17, 15) is 9.18 Å². The van der Waals surface area contributed by atoms with Crippen molar-refractivity contribution in [1.82, 2.24) is 29.4 Å². The van der Waals surface area contributed by atoms with Gasteiger partial charge in [0.25, 0.3) is 0 Å². The predicted molar refractivity (Wildman–Crippen MR) is 171 cm³/mol. The molecule has 0 aliphatic carbocycles. The van der Waals surface area contributed by atoms with Crippen LogP contribution in [0.15, 0.2) is 67.4 Å². The van der Waals surface area contributed by atoms with Crippen molar-refractivity contribution in [2.45, 2.75) is 58.8 Å². The number of piperidine rings is 1. The lowest BCUT2D eigenvalue weighted by molar-refractivity contribution is 0.0174. The summed E-state index contributed by atoms with van der Waals surface area (Å²) in [4.78, 5) is 31.7. The number of nitrogens with two attached hydrogens (primary N) is 1. The van der Waals surface area contributed by atoms with Crippen LogP contribution in [0, 0.1) is 12.7 Å². The monoisotopic (exact) mass is 625 g/mol. The Morgan fingerprint density at radius 1 is 1.02 bits per heavy atom. The van der Waals surface area contributed by atoms with Crippen LogP contribution in [0.3, 0.4) is 0 Å². The number of nitrogens with zero attached hydrogens (tertiary/aromatic N) is 6. The van der Waals surface area contributed by atoms with E-state index in [1.807, 2.05) is 39.1 Å². The molecule has 0 spiro atoms. The Morgan fingerprint density at radius 3 is 2.50 bits per heavy atom. The Bertz CT molecular complexity index is 1850. The topological polar surface area (TPSA) is 131 Å². The number of aryl methyl sites for hydroxylation is 1. The molecule has 11 nitrogen and oxygen atoms in total. The van der Waals surface area contributed by atoms with Crippen molar-refractivity contribution in [2.24, 2.45) is 0 Å². The van der Waals surface area contributed by atoms with Crippen molar-refractivity contribution in [3.8, 4) is 28.4 Å². The molecule has 1 fully saturated rings. The van der Waals surface area contributed by atoms with Gasteiger partial charge in [0.2, 0.25) is 0 Å². The van der Waals surface area contributed by atoms with Gasteiger partial charge in [-0.1, -0.05) is 12.1 Å². The molecule has 1 unspecified atom stereocenters. The van der Waals surface area contributed by atoms with Crippen LogP contribution in [0.2, 0.25) is 0 Å². The van der Waals surface area contributed by atoms with E-state index in [0.29, 0.717) is 47.6 Å². The second-order valence-electron chi connectivity index (χ2n) is 12.3. The Morgan fingerprint density at radius 2 is 1.76 bits per heavy atom. The van der Waals surface area contributed by atoms with Crippen molar-refractivity contribution in [3.63, 3.8) is 0 Å². The number of fused-ring (bicyclic) bond motifs is 1. The van der Waals surface area contributed by atoms with Crippen molar-refractivity contribution < 1.29 is 23.4 Å². The van der Waals surface area contributed by atoms with Crippen LogP contribution < -0.4 is 15.2 Å². The first kappa shape index (κ1) is 30.8. The highest BCUT2D eigenvalue weighted by atomic mass is 19.1. The first-order chi connectivity index (χ1) is 22.0. The molecular formula is C34H36FN7O4. The van der Waals surface area contributed by atoms with Crippen molar-refractivity contribution in [3.05, 3.63) is 84.6 Å². The number of hydrogen-bond acceptors (Lipinski definition) is 9. The van der Waals surface area contributed by atoms with E-state index < -0.39 is 11.4 Å². The van der Waals surface area contributed by atoms with Gasteiger partial charge < -0.3 is 29.4 Å². The minimum atomic E-state index is -0.572. The van der Waals surface area contributed by atoms with Gasteiger partial charge in [-0.25, -0.2) is 29.1 Å². The van der Waals surface area contributed by atoms with Crippen molar-refractivity contribution in [1.29, 1.82) is 0 Å². The number of rotatable bonds is 7. The number of carbonyl (C=O) groups is 1. The SMILES string of the molecule is Cc1ncc(COc2cc(F)cc(Oc3ccc(-c4cn(C5CCCN(C(=O)OC(C)(C)C)C5)c5ncnc(N)c45)cc3)c2)cn1. The van der Waals surface area contributed by atoms with Gasteiger partial charge in [-0.05, 0) is 58.2 Å². The van der Waals surface area contributed by atoms with Crippen molar-refractivity contribution in [2.75, 3.05) is 18.8 Å². The summed E-state index contributed by atoms with van der Waals surface area (Å²) in [6.07, 6.45) is 8.20. The molecule has 3 aromatic heterocycles. The van der Waals surface area contributed by atoms with Crippen LogP contribution >= 0.6 is 0 Å². The molecule has 6 rings (SSSR count). The highest BCUT2D eigenvalue weighted by molar-refractivity contribution is 6.00. The first-order valence-corrected chi connectivity index (χ1v) is 15.1. The predicted octanol–water partition coefficient (Wildman–Crippen LogP) is 6.86. The quantitative estimate of drug-likeness (QED) is 0.206. The molecule has 2 N–H and O–H groups in total. The summed E-state index contributed by atoms with van der Waals surface area (Å²) in [5.74, 6) is 1.67. The highest BCUT2D eigenvalue weighted by Gasteiger charge is 2.30. The molecule has 1 amide bonds. The zero-order valence-corrected chi connectivity index (χ0v) is 26.2. The second-order valence-corrected chi connectivity index (χ2v) is 12.3. The third-order valence-electron chi connectivity index (χ3n) is 7.57. The maximum atomic E-state index is 14.4. The van der Waals surface area contributed by atoms with Crippen LogP contribution in [0.4, 0.5) is 15.0 Å². The molecule has 4 heterocycles. The Hall–Kier alpha value is -5.26. The molecule has 1 atom stereocenters. The molecule has 12 heteroatoms. The number of amides is 1. The molecule has 1 aliphatic heterocycles. The number of nitrogen functional groups attached to an aromatic ring is 1. The zero-order chi connectivity index (χ0) is 32.4. The number of hydrogen-bond donors (Lipinski definition) is 1. The van der Waals surface area contributed by atoms with E-state index in [-0.39, 0.29) is 18.7 Å². The van der Waals surface area contributed by atoms with E-state index in [1.165, 1.54) is 18.5 Å². The smallest absolute Gasteiger partial charge is 0.410 e. The molecule has 1 saturated heterocycles.